The summed E-state index contributed by atoms with van der Waals surface area (Å²) in [5.41, 5.74) is 0. The Morgan fingerprint density at radius 2 is 0.824 bits per heavy atom. The second-order valence-corrected chi connectivity index (χ2v) is 2.91. The van der Waals surface area contributed by atoms with Gasteiger partial charge < -0.3 is 23.7 Å². The molecule has 5 nitrogen and oxygen atoms in total. The van der Waals surface area contributed by atoms with Crippen molar-refractivity contribution >= 4 is 0 Å². The van der Waals surface area contributed by atoms with Crippen LogP contribution < -0.4 is 0 Å². The van der Waals surface area contributed by atoms with Crippen molar-refractivity contribution in [3.05, 3.63) is 25.7 Å². The maximum Gasteiger partial charge on any atom is 0.111 e. The maximum atomic E-state index is 5.27. The van der Waals surface area contributed by atoms with E-state index in [1.807, 2.05) is 0 Å². The lowest BCUT2D eigenvalue weighted by Crippen LogP contribution is -2.12. The van der Waals surface area contributed by atoms with Crippen molar-refractivity contribution in [1.29, 1.82) is 0 Å². The van der Waals surface area contributed by atoms with E-state index >= 15 is 0 Å². The van der Waals surface area contributed by atoms with Crippen LogP contribution >= 0.6 is 0 Å². The third-order valence-corrected chi connectivity index (χ3v) is 1.67. The Morgan fingerprint density at radius 1 is 0.529 bits per heavy atom. The molecule has 0 radical (unpaired) electrons. The van der Waals surface area contributed by atoms with Crippen LogP contribution in [0.15, 0.2) is 25.7 Å². The van der Waals surface area contributed by atoms with Gasteiger partial charge in [0.25, 0.3) is 0 Å². The smallest absolute Gasteiger partial charge is 0.111 e. The molecule has 0 atom stereocenters. The van der Waals surface area contributed by atoms with E-state index in [-0.39, 0.29) is 0 Å². The van der Waals surface area contributed by atoms with E-state index in [1.54, 1.807) is 0 Å². The van der Waals surface area contributed by atoms with Gasteiger partial charge in [-0.3, -0.25) is 0 Å². The molecular weight excluding hydrogens is 224 g/mol. The highest BCUT2D eigenvalue weighted by Gasteiger charge is 1.91. The van der Waals surface area contributed by atoms with E-state index in [1.165, 1.54) is 12.5 Å². The predicted molar refractivity (Wildman–Crippen MR) is 64.8 cm³/mol. The van der Waals surface area contributed by atoms with Crippen molar-refractivity contribution < 1.29 is 23.7 Å². The van der Waals surface area contributed by atoms with Gasteiger partial charge in [-0.15, -0.1) is 0 Å². The minimum atomic E-state index is 0.524. The zero-order valence-electron chi connectivity index (χ0n) is 10.3. The third-order valence-electron chi connectivity index (χ3n) is 1.67. The van der Waals surface area contributed by atoms with Crippen molar-refractivity contribution in [2.75, 3.05) is 52.9 Å². The average Bonchev–Trinajstić information content (AvgIpc) is 2.35. The molecule has 0 N–H and O–H groups in total. The van der Waals surface area contributed by atoms with E-state index in [9.17, 15) is 0 Å². The molecule has 0 unspecified atom stereocenters. The Morgan fingerprint density at radius 3 is 1.12 bits per heavy atom. The zero-order valence-corrected chi connectivity index (χ0v) is 10.3. The summed E-state index contributed by atoms with van der Waals surface area (Å²) in [5, 5.41) is 0. The SMILES string of the molecule is C=COCCOCCOCCOCCOC=C. The minimum absolute atomic E-state index is 0.524. The highest BCUT2D eigenvalue weighted by Crippen LogP contribution is 1.83. The second-order valence-electron chi connectivity index (χ2n) is 2.91. The summed E-state index contributed by atoms with van der Waals surface area (Å²) >= 11 is 0. The molecule has 0 aliphatic rings. The second kappa shape index (κ2) is 15.0. The van der Waals surface area contributed by atoms with Gasteiger partial charge in [-0.25, -0.2) is 0 Å². The summed E-state index contributed by atoms with van der Waals surface area (Å²) in [7, 11) is 0. The van der Waals surface area contributed by atoms with Crippen LogP contribution in [0.1, 0.15) is 0 Å². The van der Waals surface area contributed by atoms with Gasteiger partial charge in [-0.1, -0.05) is 13.2 Å². The van der Waals surface area contributed by atoms with Crippen LogP contribution in [0, 0.1) is 0 Å². The van der Waals surface area contributed by atoms with Crippen LogP contribution in [-0.4, -0.2) is 52.9 Å². The molecule has 0 saturated carbocycles. The van der Waals surface area contributed by atoms with Gasteiger partial charge >= 0.3 is 0 Å². The third kappa shape index (κ3) is 15.0. The van der Waals surface area contributed by atoms with E-state index in [0.29, 0.717) is 52.9 Å². The Labute approximate surface area is 103 Å². The molecule has 0 bridgehead atoms. The van der Waals surface area contributed by atoms with Gasteiger partial charge in [-0.05, 0) is 0 Å². The molecule has 0 aromatic heterocycles. The molecule has 5 heteroatoms. The summed E-state index contributed by atoms with van der Waals surface area (Å²) in [6.07, 6.45) is 2.79. The first kappa shape index (κ1) is 16.0. The predicted octanol–water partition coefficient (Wildman–Crippen LogP) is 1.36. The molecule has 0 fully saturated rings. The highest BCUT2D eigenvalue weighted by molar-refractivity contribution is 4.48. The fourth-order valence-corrected chi connectivity index (χ4v) is 0.923. The molecule has 0 aromatic carbocycles. The fraction of sp³-hybridized carbons (Fsp3) is 0.667. The Bertz CT molecular complexity index is 154. The van der Waals surface area contributed by atoms with Crippen molar-refractivity contribution in [1.82, 2.24) is 0 Å². The van der Waals surface area contributed by atoms with Crippen molar-refractivity contribution in [3.8, 4) is 0 Å². The monoisotopic (exact) mass is 246 g/mol. The Kier molecular flexibility index (Phi) is 14.0. The van der Waals surface area contributed by atoms with Crippen molar-refractivity contribution in [2.24, 2.45) is 0 Å². The molecule has 0 aliphatic heterocycles. The molecule has 0 aliphatic carbocycles. The lowest BCUT2D eigenvalue weighted by atomic mass is 10.7. The Balaban J connectivity index is 2.89. The van der Waals surface area contributed by atoms with Crippen LogP contribution in [0.3, 0.4) is 0 Å². The summed E-state index contributed by atoms with van der Waals surface area (Å²) in [6, 6.07) is 0. The average molecular weight is 246 g/mol. The van der Waals surface area contributed by atoms with Crippen molar-refractivity contribution in [2.45, 2.75) is 0 Å². The van der Waals surface area contributed by atoms with Gasteiger partial charge in [0.2, 0.25) is 0 Å². The van der Waals surface area contributed by atoms with E-state index in [0.717, 1.165) is 0 Å². The lowest BCUT2D eigenvalue weighted by molar-refractivity contribution is 0.000518. The van der Waals surface area contributed by atoms with Gasteiger partial charge in [0.05, 0.1) is 52.2 Å². The largest absolute Gasteiger partial charge is 0.499 e. The standard InChI is InChI=1S/C12H22O5/c1-3-13-5-7-15-9-11-17-12-10-16-8-6-14-4-2/h3-4H,1-2,5-12H2. The molecule has 0 rings (SSSR count). The van der Waals surface area contributed by atoms with Crippen LogP contribution in [-0.2, 0) is 23.7 Å². The molecule has 0 spiro atoms. The molecule has 0 aromatic rings. The number of rotatable bonds is 14. The van der Waals surface area contributed by atoms with Crippen LogP contribution in [0.25, 0.3) is 0 Å². The zero-order chi connectivity index (χ0) is 12.6. The Hall–Kier alpha value is -1.04. The molecule has 0 heterocycles. The summed E-state index contributed by atoms with van der Waals surface area (Å²) < 4.78 is 25.5. The van der Waals surface area contributed by atoms with Crippen LogP contribution in [0.5, 0.6) is 0 Å². The van der Waals surface area contributed by atoms with Gasteiger partial charge in [0.1, 0.15) is 13.2 Å². The first-order valence-electron chi connectivity index (χ1n) is 5.60. The molecule has 0 amide bonds. The van der Waals surface area contributed by atoms with Crippen LogP contribution in [0.2, 0.25) is 0 Å². The summed E-state index contributed by atoms with van der Waals surface area (Å²) in [4.78, 5) is 0. The molecule has 100 valence electrons. The number of hydrogen-bond acceptors (Lipinski definition) is 5. The van der Waals surface area contributed by atoms with Gasteiger partial charge in [0.15, 0.2) is 0 Å². The van der Waals surface area contributed by atoms with Crippen molar-refractivity contribution in [3.63, 3.8) is 0 Å². The quantitative estimate of drug-likeness (QED) is 0.342. The maximum absolute atomic E-state index is 5.27. The lowest BCUT2D eigenvalue weighted by Gasteiger charge is -2.06. The highest BCUT2D eigenvalue weighted by atomic mass is 16.6. The van der Waals surface area contributed by atoms with E-state index < -0.39 is 0 Å². The van der Waals surface area contributed by atoms with Crippen LogP contribution in [0.4, 0.5) is 0 Å². The molecule has 17 heavy (non-hydrogen) atoms. The topological polar surface area (TPSA) is 46.2 Å². The summed E-state index contributed by atoms with van der Waals surface area (Å²) in [5.74, 6) is 0. The fourth-order valence-electron chi connectivity index (χ4n) is 0.923. The molecule has 0 saturated heterocycles. The van der Waals surface area contributed by atoms with E-state index in [4.69, 9.17) is 23.7 Å². The number of ether oxygens (including phenoxy) is 5. The summed E-state index contributed by atoms with van der Waals surface area (Å²) in [6.45, 7) is 11.2. The first-order valence-corrected chi connectivity index (χ1v) is 5.60. The molecular formula is C12H22O5. The first-order chi connectivity index (χ1) is 8.41. The van der Waals surface area contributed by atoms with Gasteiger partial charge in [-0.2, -0.15) is 0 Å². The number of hydrogen-bond donors (Lipinski definition) is 0. The normalized spacial score (nSPS) is 9.88. The minimum Gasteiger partial charge on any atom is -0.499 e. The van der Waals surface area contributed by atoms with Gasteiger partial charge in [0, 0.05) is 0 Å². The van der Waals surface area contributed by atoms with E-state index in [2.05, 4.69) is 13.2 Å².